The molecule has 37 heavy (non-hydrogen) atoms. The lowest BCUT2D eigenvalue weighted by molar-refractivity contribution is -0.196. The number of piperidine rings is 1. The molecule has 0 bridgehead atoms. The lowest BCUT2D eigenvalue weighted by Gasteiger charge is -2.37. The van der Waals surface area contributed by atoms with E-state index < -0.39 is 30.6 Å². The van der Waals surface area contributed by atoms with Crippen LogP contribution in [0.25, 0.3) is 11.3 Å². The van der Waals surface area contributed by atoms with E-state index in [0.717, 1.165) is 17.7 Å². The quantitative estimate of drug-likeness (QED) is 0.612. The van der Waals surface area contributed by atoms with E-state index in [2.05, 4.69) is 15.3 Å². The standard InChI is InChI=1S/C25H27ClF3N5O3/c26-19-12-30-24(31-17-6-9-37-10-7-17)32-22(19)15-4-5-16-13-33(23(36)18(16)11-15)14-21(35)34-8-2-1-3-20(34)25(27,28)29/h4-5,11-12,17,20H,1-3,6-10,13-14H2,(H,30,31,32). The number of anilines is 1. The first-order valence-corrected chi connectivity index (χ1v) is 12.7. The van der Waals surface area contributed by atoms with Crippen LogP contribution >= 0.6 is 11.6 Å². The Balaban J connectivity index is 1.31. The Morgan fingerprint density at radius 3 is 2.73 bits per heavy atom. The summed E-state index contributed by atoms with van der Waals surface area (Å²) in [5, 5.41) is 3.61. The van der Waals surface area contributed by atoms with Gasteiger partial charge in [0.1, 0.15) is 12.6 Å². The molecule has 198 valence electrons. The van der Waals surface area contributed by atoms with Gasteiger partial charge < -0.3 is 19.9 Å². The number of hydrogen-bond donors (Lipinski definition) is 1. The third-order valence-electron chi connectivity index (χ3n) is 7.09. The second kappa shape index (κ2) is 10.4. The number of benzene rings is 1. The number of hydrogen-bond acceptors (Lipinski definition) is 6. The van der Waals surface area contributed by atoms with E-state index in [1.165, 1.54) is 11.1 Å². The van der Waals surface area contributed by atoms with E-state index in [1.54, 1.807) is 18.2 Å². The van der Waals surface area contributed by atoms with Crippen molar-refractivity contribution in [2.45, 2.75) is 56.9 Å². The zero-order chi connectivity index (χ0) is 26.2. The molecule has 3 aliphatic heterocycles. The highest BCUT2D eigenvalue weighted by atomic mass is 35.5. The van der Waals surface area contributed by atoms with Crippen LogP contribution in [0.3, 0.4) is 0 Å². The predicted molar refractivity (Wildman–Crippen MR) is 130 cm³/mol. The van der Waals surface area contributed by atoms with Crippen molar-refractivity contribution in [3.05, 3.63) is 40.5 Å². The van der Waals surface area contributed by atoms with Crippen LogP contribution in [0, 0.1) is 0 Å². The summed E-state index contributed by atoms with van der Waals surface area (Å²) in [6.07, 6.45) is -0.490. The molecule has 2 aromatic rings. The highest BCUT2D eigenvalue weighted by Crippen LogP contribution is 2.34. The van der Waals surface area contributed by atoms with Gasteiger partial charge in [0.05, 0.1) is 16.9 Å². The van der Waals surface area contributed by atoms with E-state index in [1.807, 2.05) is 0 Å². The van der Waals surface area contributed by atoms with Gasteiger partial charge in [0.2, 0.25) is 11.9 Å². The van der Waals surface area contributed by atoms with Gasteiger partial charge in [-0.25, -0.2) is 9.97 Å². The lowest BCUT2D eigenvalue weighted by Crippen LogP contribution is -2.53. The lowest BCUT2D eigenvalue weighted by atomic mass is 10.0. The number of rotatable bonds is 5. The van der Waals surface area contributed by atoms with E-state index in [9.17, 15) is 22.8 Å². The highest BCUT2D eigenvalue weighted by Gasteiger charge is 2.46. The second-order valence-corrected chi connectivity index (χ2v) is 10.0. The van der Waals surface area contributed by atoms with Crippen molar-refractivity contribution in [2.24, 2.45) is 0 Å². The number of aromatic nitrogens is 2. The van der Waals surface area contributed by atoms with Gasteiger partial charge in [0, 0.05) is 43.5 Å². The maximum atomic E-state index is 13.4. The molecule has 8 nitrogen and oxygen atoms in total. The van der Waals surface area contributed by atoms with Crippen molar-refractivity contribution in [2.75, 3.05) is 31.6 Å². The molecule has 1 atom stereocenters. The number of ether oxygens (including phenoxy) is 1. The largest absolute Gasteiger partial charge is 0.408 e. The van der Waals surface area contributed by atoms with E-state index in [0.29, 0.717) is 59.4 Å². The molecule has 1 aromatic carbocycles. The predicted octanol–water partition coefficient (Wildman–Crippen LogP) is 4.29. The minimum atomic E-state index is -4.49. The molecule has 0 spiro atoms. The number of nitrogens with zero attached hydrogens (tertiary/aromatic N) is 4. The maximum Gasteiger partial charge on any atom is 0.408 e. The minimum Gasteiger partial charge on any atom is -0.381 e. The Morgan fingerprint density at radius 1 is 1.19 bits per heavy atom. The Kier molecular flexibility index (Phi) is 7.26. The summed E-state index contributed by atoms with van der Waals surface area (Å²) in [7, 11) is 0. The van der Waals surface area contributed by atoms with Gasteiger partial charge in [0.15, 0.2) is 0 Å². The molecule has 2 amide bonds. The molecule has 5 rings (SSSR count). The van der Waals surface area contributed by atoms with Gasteiger partial charge in [-0.15, -0.1) is 0 Å². The van der Waals surface area contributed by atoms with Crippen LogP contribution in [0.15, 0.2) is 24.4 Å². The number of fused-ring (bicyclic) bond motifs is 1. The molecule has 1 unspecified atom stereocenters. The molecular weight excluding hydrogens is 511 g/mol. The van der Waals surface area contributed by atoms with Crippen molar-refractivity contribution in [1.82, 2.24) is 19.8 Å². The van der Waals surface area contributed by atoms with Crippen LogP contribution < -0.4 is 5.32 Å². The van der Waals surface area contributed by atoms with Crippen LogP contribution in [-0.2, 0) is 16.1 Å². The Labute approximate surface area is 217 Å². The maximum absolute atomic E-state index is 13.4. The SMILES string of the molecule is O=C1c2cc(-c3nc(NC4CCOCC4)ncc3Cl)ccc2CN1CC(=O)N1CCCCC1C(F)(F)F. The number of carbonyl (C=O) groups is 2. The Bertz CT molecular complexity index is 1190. The number of likely N-dealkylation sites (tertiary alicyclic amines) is 1. The summed E-state index contributed by atoms with van der Waals surface area (Å²) in [6, 6.07) is 3.59. The first kappa shape index (κ1) is 25.7. The van der Waals surface area contributed by atoms with Crippen LogP contribution in [0.4, 0.5) is 19.1 Å². The van der Waals surface area contributed by atoms with Crippen molar-refractivity contribution in [3.8, 4) is 11.3 Å². The fourth-order valence-electron chi connectivity index (χ4n) is 5.12. The van der Waals surface area contributed by atoms with Gasteiger partial charge in [-0.2, -0.15) is 13.2 Å². The van der Waals surface area contributed by atoms with Gasteiger partial charge in [0.25, 0.3) is 5.91 Å². The Hall–Kier alpha value is -2.92. The van der Waals surface area contributed by atoms with Gasteiger partial charge in [-0.3, -0.25) is 9.59 Å². The zero-order valence-electron chi connectivity index (χ0n) is 20.1. The fourth-order valence-corrected chi connectivity index (χ4v) is 5.32. The van der Waals surface area contributed by atoms with Crippen LogP contribution in [-0.4, -0.2) is 76.1 Å². The minimum absolute atomic E-state index is 0.0403. The third kappa shape index (κ3) is 5.52. The molecule has 1 N–H and O–H groups in total. The van der Waals surface area contributed by atoms with Gasteiger partial charge in [-0.05, 0) is 43.7 Å². The smallest absolute Gasteiger partial charge is 0.381 e. The molecule has 2 saturated heterocycles. The third-order valence-corrected chi connectivity index (χ3v) is 7.36. The molecule has 4 heterocycles. The molecule has 12 heteroatoms. The number of amides is 2. The van der Waals surface area contributed by atoms with Gasteiger partial charge >= 0.3 is 6.18 Å². The molecule has 0 radical (unpaired) electrons. The topological polar surface area (TPSA) is 87.7 Å². The van der Waals surface area contributed by atoms with Crippen LogP contribution in [0.1, 0.15) is 48.0 Å². The van der Waals surface area contributed by atoms with Crippen molar-refractivity contribution >= 4 is 29.4 Å². The summed E-state index contributed by atoms with van der Waals surface area (Å²) in [6.45, 7) is 1.12. The molecular formula is C25H27ClF3N5O3. The fraction of sp³-hybridized carbons (Fsp3) is 0.520. The number of halogens is 4. The number of carbonyl (C=O) groups excluding carboxylic acids is 2. The second-order valence-electron chi connectivity index (χ2n) is 9.59. The molecule has 0 aliphatic carbocycles. The summed E-state index contributed by atoms with van der Waals surface area (Å²) >= 11 is 6.38. The Morgan fingerprint density at radius 2 is 1.97 bits per heavy atom. The molecule has 1 aromatic heterocycles. The van der Waals surface area contributed by atoms with Gasteiger partial charge in [-0.1, -0.05) is 23.7 Å². The van der Waals surface area contributed by atoms with E-state index >= 15 is 0 Å². The first-order valence-electron chi connectivity index (χ1n) is 12.4. The van der Waals surface area contributed by atoms with E-state index in [4.69, 9.17) is 16.3 Å². The monoisotopic (exact) mass is 537 g/mol. The van der Waals surface area contributed by atoms with E-state index in [-0.39, 0.29) is 25.6 Å². The summed E-state index contributed by atoms with van der Waals surface area (Å²) in [5.41, 5.74) is 2.14. The highest BCUT2D eigenvalue weighted by molar-refractivity contribution is 6.33. The average Bonchev–Trinajstić information content (AvgIpc) is 3.19. The number of alkyl halides is 3. The molecule has 3 aliphatic rings. The summed E-state index contributed by atoms with van der Waals surface area (Å²) in [4.78, 5) is 36.9. The molecule has 0 saturated carbocycles. The average molecular weight is 538 g/mol. The van der Waals surface area contributed by atoms with Crippen molar-refractivity contribution in [3.63, 3.8) is 0 Å². The first-order chi connectivity index (χ1) is 17.7. The summed E-state index contributed by atoms with van der Waals surface area (Å²) < 4.78 is 45.7. The van der Waals surface area contributed by atoms with Crippen molar-refractivity contribution in [1.29, 1.82) is 0 Å². The molecule has 2 fully saturated rings. The normalized spacial score (nSPS) is 20.8. The summed E-state index contributed by atoms with van der Waals surface area (Å²) in [5.74, 6) is -0.673. The van der Waals surface area contributed by atoms with Crippen LogP contribution in [0.2, 0.25) is 5.02 Å². The van der Waals surface area contributed by atoms with Crippen molar-refractivity contribution < 1.29 is 27.5 Å². The zero-order valence-corrected chi connectivity index (χ0v) is 20.8. The number of nitrogens with one attached hydrogen (secondary N) is 1. The van der Waals surface area contributed by atoms with Crippen LogP contribution in [0.5, 0.6) is 0 Å².